The molecule has 9 nitrogen and oxygen atoms in total. The third kappa shape index (κ3) is 4.82. The highest BCUT2D eigenvalue weighted by Crippen LogP contribution is 2.39. The molecule has 1 unspecified atom stereocenters. The zero-order valence-corrected chi connectivity index (χ0v) is 18.4. The molecule has 1 amide bonds. The van der Waals surface area contributed by atoms with E-state index in [1.807, 2.05) is 0 Å². The number of nitro groups is 1. The summed E-state index contributed by atoms with van der Waals surface area (Å²) in [5.41, 5.74) is 0.135. The van der Waals surface area contributed by atoms with Gasteiger partial charge in [0.15, 0.2) is 0 Å². The number of nitro benzene ring substituents is 1. The van der Waals surface area contributed by atoms with Crippen molar-refractivity contribution >= 4 is 23.1 Å². The number of carbonyl (C=O) groups is 2. The van der Waals surface area contributed by atoms with E-state index in [1.165, 1.54) is 46.2 Å². The Labute approximate surface area is 195 Å². The number of quaternary nitrogens is 1. The van der Waals surface area contributed by atoms with Crippen LogP contribution in [-0.2, 0) is 14.3 Å². The lowest BCUT2D eigenvalue weighted by molar-refractivity contribution is -0.908. The number of halogens is 1. The smallest absolute Gasteiger partial charge is 0.295 e. The molecule has 2 aromatic rings. The van der Waals surface area contributed by atoms with Gasteiger partial charge >= 0.3 is 0 Å². The zero-order chi connectivity index (χ0) is 24.2. The minimum Gasteiger partial charge on any atom is -0.872 e. The number of ketones is 1. The van der Waals surface area contributed by atoms with Crippen LogP contribution in [0.25, 0.3) is 5.76 Å². The van der Waals surface area contributed by atoms with Crippen molar-refractivity contribution < 1.29 is 33.6 Å². The Morgan fingerprint density at radius 3 is 2.35 bits per heavy atom. The van der Waals surface area contributed by atoms with Crippen molar-refractivity contribution in [3.05, 3.63) is 81.2 Å². The van der Waals surface area contributed by atoms with E-state index in [0.717, 1.165) is 31.8 Å². The first-order chi connectivity index (χ1) is 16.4. The number of benzene rings is 2. The van der Waals surface area contributed by atoms with Gasteiger partial charge in [0.05, 0.1) is 30.7 Å². The van der Waals surface area contributed by atoms with Gasteiger partial charge in [-0.15, -0.1) is 0 Å². The summed E-state index contributed by atoms with van der Waals surface area (Å²) in [5, 5.41) is 24.3. The number of amides is 1. The van der Waals surface area contributed by atoms with Gasteiger partial charge in [-0.25, -0.2) is 4.39 Å². The lowest BCUT2D eigenvalue weighted by Gasteiger charge is -2.29. The van der Waals surface area contributed by atoms with E-state index in [9.17, 15) is 29.2 Å². The van der Waals surface area contributed by atoms with E-state index in [2.05, 4.69) is 0 Å². The normalized spacial score (nSPS) is 20.6. The average molecular weight is 469 g/mol. The summed E-state index contributed by atoms with van der Waals surface area (Å²) in [4.78, 5) is 39.1. The maximum absolute atomic E-state index is 13.4. The lowest BCUT2D eigenvalue weighted by atomic mass is 9.95. The van der Waals surface area contributed by atoms with Gasteiger partial charge in [0.2, 0.25) is 5.78 Å². The van der Waals surface area contributed by atoms with E-state index in [-0.39, 0.29) is 23.4 Å². The van der Waals surface area contributed by atoms with Crippen LogP contribution in [0.5, 0.6) is 0 Å². The number of nitrogens with zero attached hydrogens (tertiary/aromatic N) is 2. The summed E-state index contributed by atoms with van der Waals surface area (Å²) in [6.07, 6.45) is 0.607. The minimum atomic E-state index is -0.974. The highest BCUT2D eigenvalue weighted by molar-refractivity contribution is 6.46. The van der Waals surface area contributed by atoms with Crippen LogP contribution in [0.1, 0.15) is 23.6 Å². The van der Waals surface area contributed by atoms with Crippen LogP contribution in [0.15, 0.2) is 54.1 Å². The van der Waals surface area contributed by atoms with Crippen molar-refractivity contribution in [2.45, 2.75) is 12.5 Å². The molecule has 0 aromatic heterocycles. The highest BCUT2D eigenvalue weighted by Gasteiger charge is 2.44. The second-order valence-corrected chi connectivity index (χ2v) is 8.29. The Kier molecular flexibility index (Phi) is 6.99. The van der Waals surface area contributed by atoms with Crippen LogP contribution in [0, 0.1) is 15.9 Å². The number of hydrogen-bond acceptors (Lipinski definition) is 6. The number of hydrogen-bond donors (Lipinski definition) is 1. The molecule has 34 heavy (non-hydrogen) atoms. The Hall–Kier alpha value is -3.63. The molecule has 1 N–H and O–H groups in total. The third-order valence-corrected chi connectivity index (χ3v) is 6.18. The van der Waals surface area contributed by atoms with Gasteiger partial charge in [-0.05, 0) is 35.4 Å². The fourth-order valence-electron chi connectivity index (χ4n) is 4.39. The number of rotatable bonds is 7. The van der Waals surface area contributed by atoms with Gasteiger partial charge < -0.3 is 19.6 Å². The lowest BCUT2D eigenvalue weighted by Crippen LogP contribution is -3.14. The number of carbonyl (C=O) groups excluding carboxylic acids is 2. The number of Topliss-reactive ketones (excluding diaryl/α,β-unsaturated/α-hetero) is 1. The summed E-state index contributed by atoms with van der Waals surface area (Å²) >= 11 is 0. The van der Waals surface area contributed by atoms with Crippen molar-refractivity contribution in [2.24, 2.45) is 0 Å². The van der Waals surface area contributed by atoms with Crippen LogP contribution >= 0.6 is 0 Å². The summed E-state index contributed by atoms with van der Waals surface area (Å²) in [5.74, 6) is -2.89. The predicted molar refractivity (Wildman–Crippen MR) is 117 cm³/mol. The van der Waals surface area contributed by atoms with Crippen molar-refractivity contribution in [3.63, 3.8) is 0 Å². The molecular formula is C24H24FN3O6. The first kappa shape index (κ1) is 23.5. The quantitative estimate of drug-likeness (QED) is 0.204. The molecular weight excluding hydrogens is 445 g/mol. The summed E-state index contributed by atoms with van der Waals surface area (Å²) in [6, 6.07) is 9.23. The standard InChI is InChI=1S/C24H24FN3O6/c25-18-6-2-17(3-7-18)22(29)20-21(16-4-8-19(9-5-16)28(32)33)27(24(31)23(20)30)11-1-10-26-12-14-34-15-13-26/h2-9,21,29H,1,10-15H2/b22-20+. The van der Waals surface area contributed by atoms with Gasteiger partial charge in [-0.3, -0.25) is 19.7 Å². The molecule has 2 aliphatic heterocycles. The Morgan fingerprint density at radius 2 is 1.74 bits per heavy atom. The molecule has 2 fully saturated rings. The van der Waals surface area contributed by atoms with E-state index < -0.39 is 34.2 Å². The van der Waals surface area contributed by atoms with Crippen molar-refractivity contribution in [1.82, 2.24) is 4.90 Å². The van der Waals surface area contributed by atoms with E-state index in [4.69, 9.17) is 4.74 Å². The Balaban J connectivity index is 1.68. The third-order valence-electron chi connectivity index (χ3n) is 6.18. The summed E-state index contributed by atoms with van der Waals surface area (Å²) in [6.45, 7) is 4.09. The minimum absolute atomic E-state index is 0.0871. The number of morpholine rings is 1. The maximum atomic E-state index is 13.4. The molecule has 178 valence electrons. The predicted octanol–water partition coefficient (Wildman–Crippen LogP) is 0.263. The average Bonchev–Trinajstić information content (AvgIpc) is 3.10. The number of non-ortho nitro benzene ring substituents is 1. The van der Waals surface area contributed by atoms with Gasteiger partial charge in [0, 0.05) is 30.7 Å². The molecule has 2 saturated heterocycles. The molecule has 2 aliphatic rings. The monoisotopic (exact) mass is 469 g/mol. The Morgan fingerprint density at radius 1 is 1.09 bits per heavy atom. The SMILES string of the molecule is O=C1C(=O)N(CCC[NH+]2CCOCC2)C(c2ccc([N+](=O)[O-])cc2)/C1=C(\[O-])c1ccc(F)cc1. The van der Waals surface area contributed by atoms with Crippen LogP contribution in [0.2, 0.25) is 0 Å². The fourth-order valence-corrected chi connectivity index (χ4v) is 4.39. The van der Waals surface area contributed by atoms with E-state index in [0.29, 0.717) is 25.2 Å². The van der Waals surface area contributed by atoms with E-state index in [1.54, 1.807) is 0 Å². The highest BCUT2D eigenvalue weighted by atomic mass is 19.1. The molecule has 4 rings (SSSR count). The van der Waals surface area contributed by atoms with Crippen LogP contribution < -0.4 is 10.0 Å². The van der Waals surface area contributed by atoms with Gasteiger partial charge in [0.1, 0.15) is 18.9 Å². The number of nitrogens with one attached hydrogen (secondary N) is 1. The van der Waals surface area contributed by atoms with Crippen LogP contribution in [0.4, 0.5) is 10.1 Å². The molecule has 0 radical (unpaired) electrons. The molecule has 0 saturated carbocycles. The molecule has 10 heteroatoms. The Bertz CT molecular complexity index is 1110. The first-order valence-corrected chi connectivity index (χ1v) is 11.0. The summed E-state index contributed by atoms with van der Waals surface area (Å²) in [7, 11) is 0. The van der Waals surface area contributed by atoms with Crippen LogP contribution in [0.3, 0.4) is 0 Å². The van der Waals surface area contributed by atoms with E-state index >= 15 is 0 Å². The zero-order valence-electron chi connectivity index (χ0n) is 18.4. The first-order valence-electron chi connectivity index (χ1n) is 11.0. The van der Waals surface area contributed by atoms with Crippen molar-refractivity contribution in [3.8, 4) is 0 Å². The topological polar surface area (TPSA) is 117 Å². The second kappa shape index (κ2) is 10.1. The molecule has 0 bridgehead atoms. The molecule has 0 spiro atoms. The van der Waals surface area contributed by atoms with Gasteiger partial charge in [0.25, 0.3) is 11.6 Å². The summed E-state index contributed by atoms with van der Waals surface area (Å²) < 4.78 is 18.7. The second-order valence-electron chi connectivity index (χ2n) is 8.29. The van der Waals surface area contributed by atoms with Crippen molar-refractivity contribution in [1.29, 1.82) is 0 Å². The van der Waals surface area contributed by atoms with Gasteiger partial charge in [-0.2, -0.15) is 0 Å². The molecule has 0 aliphatic carbocycles. The molecule has 2 heterocycles. The van der Waals surface area contributed by atoms with Crippen molar-refractivity contribution in [2.75, 3.05) is 39.4 Å². The largest absolute Gasteiger partial charge is 0.872 e. The molecule has 2 aromatic carbocycles. The maximum Gasteiger partial charge on any atom is 0.295 e. The fraction of sp³-hybridized carbons (Fsp3) is 0.333. The molecule has 1 atom stereocenters. The van der Waals surface area contributed by atoms with Crippen LogP contribution in [-0.4, -0.2) is 60.9 Å². The van der Waals surface area contributed by atoms with Gasteiger partial charge in [-0.1, -0.05) is 17.9 Å². The number of likely N-dealkylation sites (tertiary alicyclic amines) is 1. The number of ether oxygens (including phenoxy) is 1.